The number of allylic oxidation sites excluding steroid dienone is 1. The Labute approximate surface area is 75.9 Å². The summed E-state index contributed by atoms with van der Waals surface area (Å²) >= 11 is 0. The molecule has 1 aliphatic heterocycles. The van der Waals surface area contributed by atoms with Crippen molar-refractivity contribution in [2.75, 3.05) is 6.61 Å². The van der Waals surface area contributed by atoms with E-state index < -0.39 is 8.32 Å². The van der Waals surface area contributed by atoms with Gasteiger partial charge in [0.05, 0.1) is 0 Å². The highest BCUT2D eigenvalue weighted by Gasteiger charge is 2.45. The average Bonchev–Trinajstić information content (AvgIpc) is 2.28. The van der Waals surface area contributed by atoms with E-state index in [4.69, 9.17) is 4.43 Å². The van der Waals surface area contributed by atoms with Gasteiger partial charge in [-0.3, -0.25) is 0 Å². The maximum atomic E-state index is 5.92. The van der Waals surface area contributed by atoms with Crippen LogP contribution in [-0.2, 0) is 4.43 Å². The molecule has 2 rings (SSSR count). The monoisotopic (exact) mass is 182 g/mol. The van der Waals surface area contributed by atoms with E-state index in [0.717, 1.165) is 24.0 Å². The van der Waals surface area contributed by atoms with Crippen LogP contribution in [0.3, 0.4) is 0 Å². The largest absolute Gasteiger partial charge is 0.416 e. The number of rotatable bonds is 0. The molecule has 1 aliphatic carbocycles. The van der Waals surface area contributed by atoms with Crippen molar-refractivity contribution in [1.29, 1.82) is 0 Å². The van der Waals surface area contributed by atoms with Crippen molar-refractivity contribution in [3.63, 3.8) is 0 Å². The van der Waals surface area contributed by atoms with Gasteiger partial charge >= 0.3 is 0 Å². The summed E-state index contributed by atoms with van der Waals surface area (Å²) < 4.78 is 5.92. The molecule has 0 aromatic carbocycles. The summed E-state index contributed by atoms with van der Waals surface area (Å²) in [6.45, 7) is 8.04. The molecule has 0 radical (unpaired) electrons. The lowest BCUT2D eigenvalue weighted by Gasteiger charge is -2.30. The third-order valence-corrected chi connectivity index (χ3v) is 6.73. The maximum absolute atomic E-state index is 5.92. The molecule has 2 heteroatoms. The van der Waals surface area contributed by atoms with Crippen LogP contribution in [0, 0.1) is 11.8 Å². The van der Waals surface area contributed by atoms with E-state index in [9.17, 15) is 0 Å². The van der Waals surface area contributed by atoms with Crippen molar-refractivity contribution in [3.05, 3.63) is 12.2 Å². The summed E-state index contributed by atoms with van der Waals surface area (Å²) in [6, 6.07) is 0. The Balaban J connectivity index is 2.20. The Kier molecular flexibility index (Phi) is 1.92. The van der Waals surface area contributed by atoms with Crippen LogP contribution in [0.25, 0.3) is 0 Å². The van der Waals surface area contributed by atoms with Gasteiger partial charge in [-0.15, -0.1) is 0 Å². The zero-order valence-electron chi connectivity index (χ0n) is 8.21. The van der Waals surface area contributed by atoms with Gasteiger partial charge in [0.2, 0.25) is 0 Å². The minimum atomic E-state index is -1.30. The predicted molar refractivity (Wildman–Crippen MR) is 53.6 cm³/mol. The number of hydrogen-bond donors (Lipinski definition) is 0. The van der Waals surface area contributed by atoms with Gasteiger partial charge in [-0.25, -0.2) is 0 Å². The molecule has 1 fully saturated rings. The minimum absolute atomic E-state index is 0.753. The lowest BCUT2D eigenvalue weighted by molar-refractivity contribution is 0.320. The zero-order chi connectivity index (χ0) is 8.77. The molecule has 1 heterocycles. The SMILES string of the molecule is C[C@H]1C=C[C@H]2CO[Si](C)(C)[C@@H]2C1. The molecule has 0 amide bonds. The van der Waals surface area contributed by atoms with Crippen LogP contribution >= 0.6 is 0 Å². The minimum Gasteiger partial charge on any atom is -0.416 e. The average molecular weight is 182 g/mol. The lowest BCUT2D eigenvalue weighted by atomic mass is 9.90. The first-order chi connectivity index (χ1) is 5.59. The van der Waals surface area contributed by atoms with E-state index in [1.54, 1.807) is 0 Å². The van der Waals surface area contributed by atoms with E-state index in [-0.39, 0.29) is 0 Å². The molecule has 1 saturated heterocycles. The molecule has 0 N–H and O–H groups in total. The zero-order valence-corrected chi connectivity index (χ0v) is 9.21. The Morgan fingerprint density at radius 1 is 1.33 bits per heavy atom. The molecular weight excluding hydrogens is 164 g/mol. The van der Waals surface area contributed by atoms with E-state index in [0.29, 0.717) is 0 Å². The molecule has 0 unspecified atom stereocenters. The fourth-order valence-corrected chi connectivity index (χ4v) is 5.52. The Morgan fingerprint density at radius 3 is 2.83 bits per heavy atom. The van der Waals surface area contributed by atoms with Crippen LogP contribution in [0.2, 0.25) is 18.6 Å². The molecular formula is C10H18OSi. The lowest BCUT2D eigenvalue weighted by Crippen LogP contribution is -2.33. The Morgan fingerprint density at radius 2 is 2.08 bits per heavy atom. The molecule has 0 bridgehead atoms. The van der Waals surface area contributed by atoms with Crippen molar-refractivity contribution < 1.29 is 4.43 Å². The third kappa shape index (κ3) is 1.27. The second kappa shape index (κ2) is 2.71. The third-order valence-electron chi connectivity index (χ3n) is 3.37. The van der Waals surface area contributed by atoms with Crippen LogP contribution in [-0.4, -0.2) is 14.9 Å². The van der Waals surface area contributed by atoms with Gasteiger partial charge in [-0.2, -0.15) is 0 Å². The summed E-state index contributed by atoms with van der Waals surface area (Å²) in [5, 5.41) is 0. The van der Waals surface area contributed by atoms with Crippen molar-refractivity contribution in [3.8, 4) is 0 Å². The van der Waals surface area contributed by atoms with Gasteiger partial charge in [0, 0.05) is 12.5 Å². The predicted octanol–water partition coefficient (Wildman–Crippen LogP) is 2.80. The molecule has 0 aromatic rings. The van der Waals surface area contributed by atoms with Gasteiger partial charge in [0.1, 0.15) is 0 Å². The van der Waals surface area contributed by atoms with Gasteiger partial charge in [-0.05, 0) is 31.0 Å². The summed E-state index contributed by atoms with van der Waals surface area (Å²) in [6.07, 6.45) is 6.11. The van der Waals surface area contributed by atoms with E-state index >= 15 is 0 Å². The van der Waals surface area contributed by atoms with Crippen molar-refractivity contribution in [2.24, 2.45) is 11.8 Å². The Hall–Kier alpha value is -0.0831. The number of hydrogen-bond acceptors (Lipinski definition) is 1. The maximum Gasteiger partial charge on any atom is 0.190 e. The smallest absolute Gasteiger partial charge is 0.190 e. The van der Waals surface area contributed by atoms with Crippen molar-refractivity contribution >= 4 is 8.32 Å². The molecule has 0 spiro atoms. The van der Waals surface area contributed by atoms with E-state index in [1.165, 1.54) is 6.42 Å². The first-order valence-corrected chi connectivity index (χ1v) is 7.90. The summed E-state index contributed by atoms with van der Waals surface area (Å²) in [5.41, 5.74) is 0.887. The highest BCUT2D eigenvalue weighted by molar-refractivity contribution is 6.73. The normalized spacial score (nSPS) is 44.4. The molecule has 0 aromatic heterocycles. The first-order valence-electron chi connectivity index (χ1n) is 4.92. The summed E-state index contributed by atoms with van der Waals surface area (Å²) in [5.74, 6) is 1.53. The second-order valence-electron chi connectivity index (χ2n) is 4.78. The van der Waals surface area contributed by atoms with Crippen LogP contribution < -0.4 is 0 Å². The fraction of sp³-hybridized carbons (Fsp3) is 0.800. The number of fused-ring (bicyclic) bond motifs is 1. The van der Waals surface area contributed by atoms with Gasteiger partial charge in [0.25, 0.3) is 0 Å². The van der Waals surface area contributed by atoms with Gasteiger partial charge < -0.3 is 4.43 Å². The van der Waals surface area contributed by atoms with E-state index in [1.807, 2.05) is 0 Å². The summed E-state index contributed by atoms with van der Waals surface area (Å²) in [4.78, 5) is 0. The van der Waals surface area contributed by atoms with Crippen LogP contribution in [0.4, 0.5) is 0 Å². The molecule has 1 nitrogen and oxygen atoms in total. The van der Waals surface area contributed by atoms with Crippen LogP contribution in [0.5, 0.6) is 0 Å². The van der Waals surface area contributed by atoms with Gasteiger partial charge in [-0.1, -0.05) is 19.1 Å². The Bertz CT molecular complexity index is 210. The van der Waals surface area contributed by atoms with Crippen LogP contribution in [0.15, 0.2) is 12.2 Å². The van der Waals surface area contributed by atoms with Crippen molar-refractivity contribution in [2.45, 2.75) is 32.0 Å². The fourth-order valence-electron chi connectivity index (χ4n) is 2.51. The van der Waals surface area contributed by atoms with Crippen LogP contribution in [0.1, 0.15) is 13.3 Å². The highest BCUT2D eigenvalue weighted by atomic mass is 28.4. The molecule has 3 atom stereocenters. The van der Waals surface area contributed by atoms with Crippen molar-refractivity contribution in [1.82, 2.24) is 0 Å². The molecule has 0 saturated carbocycles. The standard InChI is InChI=1S/C10H18OSi/c1-8-4-5-9-7-11-12(2,3)10(9)6-8/h4-5,8-10H,6-7H2,1-3H3/t8-,9-,10+/m0/s1. The second-order valence-corrected chi connectivity index (χ2v) is 9.02. The molecule has 68 valence electrons. The summed E-state index contributed by atoms with van der Waals surface area (Å²) in [7, 11) is -1.30. The molecule has 12 heavy (non-hydrogen) atoms. The first kappa shape index (κ1) is 8.51. The topological polar surface area (TPSA) is 9.23 Å². The highest BCUT2D eigenvalue weighted by Crippen LogP contribution is 2.45. The quantitative estimate of drug-likeness (QED) is 0.413. The molecule has 2 aliphatic rings. The van der Waals surface area contributed by atoms with Gasteiger partial charge in [0.15, 0.2) is 8.32 Å². The van der Waals surface area contributed by atoms with E-state index in [2.05, 4.69) is 32.2 Å².